The Hall–Kier alpha value is -1.20. The maximum absolute atomic E-state index is 10.5. The number of hydrogen-bond acceptors (Lipinski definition) is 3. The van der Waals surface area contributed by atoms with Crippen LogP contribution in [-0.2, 0) is 16.8 Å². The lowest BCUT2D eigenvalue weighted by Crippen LogP contribution is -1.91. The van der Waals surface area contributed by atoms with Gasteiger partial charge in [0.05, 0.1) is 5.75 Å². The largest absolute Gasteiger partial charge is 0.443 e. The standard InChI is InChI=1S/C8H7NO3S/c10-13(11)4-6-1-2-7-8(3-6)12-5-9-7/h1-3,5H,4H2,(H,10,11). The molecule has 0 radical (unpaired) electrons. The Morgan fingerprint density at radius 2 is 2.38 bits per heavy atom. The van der Waals surface area contributed by atoms with Crippen LogP contribution in [0.25, 0.3) is 11.1 Å². The number of hydrogen-bond donors (Lipinski definition) is 1. The highest BCUT2D eigenvalue weighted by molar-refractivity contribution is 7.78. The summed E-state index contributed by atoms with van der Waals surface area (Å²) < 4.78 is 24.2. The van der Waals surface area contributed by atoms with E-state index in [9.17, 15) is 4.21 Å². The lowest BCUT2D eigenvalue weighted by Gasteiger charge is -1.95. The highest BCUT2D eigenvalue weighted by atomic mass is 32.2. The van der Waals surface area contributed by atoms with E-state index in [2.05, 4.69) is 4.98 Å². The van der Waals surface area contributed by atoms with Crippen molar-refractivity contribution in [3.8, 4) is 0 Å². The Labute approximate surface area is 76.9 Å². The zero-order valence-electron chi connectivity index (χ0n) is 6.64. The first-order valence-corrected chi connectivity index (χ1v) is 4.93. The molecule has 0 amide bonds. The van der Waals surface area contributed by atoms with Crippen molar-refractivity contribution >= 4 is 22.2 Å². The number of benzene rings is 1. The van der Waals surface area contributed by atoms with E-state index < -0.39 is 11.1 Å². The molecule has 1 aromatic carbocycles. The number of rotatable bonds is 2. The highest BCUT2D eigenvalue weighted by Gasteiger charge is 2.02. The van der Waals surface area contributed by atoms with Crippen molar-refractivity contribution in [3.63, 3.8) is 0 Å². The van der Waals surface area contributed by atoms with Gasteiger partial charge in [0, 0.05) is 0 Å². The van der Waals surface area contributed by atoms with Crippen LogP contribution in [0.4, 0.5) is 0 Å². The Morgan fingerprint density at radius 3 is 3.15 bits per heavy atom. The third-order valence-electron chi connectivity index (χ3n) is 1.69. The molecule has 2 rings (SSSR count). The first-order chi connectivity index (χ1) is 6.25. The number of nitrogens with zero attached hydrogens (tertiary/aromatic N) is 1. The number of oxazole rings is 1. The molecule has 0 saturated heterocycles. The van der Waals surface area contributed by atoms with E-state index in [-0.39, 0.29) is 5.75 Å². The zero-order chi connectivity index (χ0) is 9.26. The Kier molecular flexibility index (Phi) is 2.12. The van der Waals surface area contributed by atoms with Gasteiger partial charge in [0.2, 0.25) is 0 Å². The van der Waals surface area contributed by atoms with E-state index in [0.717, 1.165) is 11.1 Å². The molecule has 13 heavy (non-hydrogen) atoms. The van der Waals surface area contributed by atoms with Gasteiger partial charge in [0.25, 0.3) is 0 Å². The van der Waals surface area contributed by atoms with Gasteiger partial charge in [-0.25, -0.2) is 9.19 Å². The summed E-state index contributed by atoms with van der Waals surface area (Å²) in [7, 11) is 0. The lowest BCUT2D eigenvalue weighted by molar-refractivity contribution is 0.563. The van der Waals surface area contributed by atoms with Crippen molar-refractivity contribution in [1.82, 2.24) is 4.98 Å². The summed E-state index contributed by atoms with van der Waals surface area (Å²) >= 11 is -1.81. The second-order valence-corrected chi connectivity index (χ2v) is 3.55. The van der Waals surface area contributed by atoms with E-state index >= 15 is 0 Å². The van der Waals surface area contributed by atoms with E-state index in [4.69, 9.17) is 8.97 Å². The van der Waals surface area contributed by atoms with Crippen molar-refractivity contribution < 1.29 is 13.2 Å². The predicted molar refractivity (Wildman–Crippen MR) is 48.5 cm³/mol. The van der Waals surface area contributed by atoms with Crippen LogP contribution in [0.15, 0.2) is 29.0 Å². The molecule has 2 aromatic rings. The maximum atomic E-state index is 10.5. The first-order valence-electron chi connectivity index (χ1n) is 3.65. The summed E-state index contributed by atoms with van der Waals surface area (Å²) in [5.74, 6) is 0.122. The molecule has 1 aromatic heterocycles. The average molecular weight is 197 g/mol. The van der Waals surface area contributed by atoms with E-state index in [1.807, 2.05) is 0 Å². The zero-order valence-corrected chi connectivity index (χ0v) is 7.45. The topological polar surface area (TPSA) is 63.3 Å². The maximum Gasteiger partial charge on any atom is 0.181 e. The first kappa shape index (κ1) is 8.40. The number of aromatic nitrogens is 1. The molecule has 0 fully saturated rings. The monoisotopic (exact) mass is 197 g/mol. The van der Waals surface area contributed by atoms with Crippen LogP contribution in [-0.4, -0.2) is 13.7 Å². The molecule has 4 nitrogen and oxygen atoms in total. The van der Waals surface area contributed by atoms with Crippen LogP contribution in [0.1, 0.15) is 5.56 Å². The Morgan fingerprint density at radius 1 is 1.54 bits per heavy atom. The third-order valence-corrected chi connectivity index (χ3v) is 2.27. The molecule has 68 valence electrons. The summed E-state index contributed by atoms with van der Waals surface area (Å²) in [5, 5.41) is 0. The predicted octanol–water partition coefficient (Wildman–Crippen LogP) is 1.55. The molecule has 5 heteroatoms. The van der Waals surface area contributed by atoms with Crippen molar-refractivity contribution in [1.29, 1.82) is 0 Å². The normalized spacial score (nSPS) is 13.3. The van der Waals surface area contributed by atoms with E-state index in [0.29, 0.717) is 5.58 Å². The van der Waals surface area contributed by atoms with Gasteiger partial charge in [-0.15, -0.1) is 0 Å². The fourth-order valence-corrected chi connectivity index (χ4v) is 1.60. The third kappa shape index (κ3) is 1.76. The van der Waals surface area contributed by atoms with Crippen LogP contribution in [0.3, 0.4) is 0 Å². The van der Waals surface area contributed by atoms with E-state index in [1.165, 1.54) is 6.39 Å². The lowest BCUT2D eigenvalue weighted by atomic mass is 10.2. The summed E-state index contributed by atoms with van der Waals surface area (Å²) in [4.78, 5) is 3.93. The van der Waals surface area contributed by atoms with Gasteiger partial charge < -0.3 is 8.97 Å². The summed E-state index contributed by atoms with van der Waals surface area (Å²) in [6.45, 7) is 0. The van der Waals surface area contributed by atoms with Gasteiger partial charge in [-0.05, 0) is 17.7 Å². The Balaban J connectivity index is 2.42. The minimum Gasteiger partial charge on any atom is -0.443 e. The molecule has 0 spiro atoms. The Bertz CT molecular complexity index is 451. The SMILES string of the molecule is O=S(O)Cc1ccc2ncoc2c1. The van der Waals surface area contributed by atoms with Crippen LogP contribution in [0.5, 0.6) is 0 Å². The summed E-state index contributed by atoms with van der Waals surface area (Å²) in [6, 6.07) is 5.25. The smallest absolute Gasteiger partial charge is 0.181 e. The second kappa shape index (κ2) is 3.27. The molecular formula is C8H7NO3S. The van der Waals surface area contributed by atoms with E-state index in [1.54, 1.807) is 18.2 Å². The van der Waals surface area contributed by atoms with Gasteiger partial charge in [-0.1, -0.05) is 6.07 Å². The molecule has 0 saturated carbocycles. The number of fused-ring (bicyclic) bond motifs is 1. The molecule has 0 aliphatic heterocycles. The molecule has 1 atom stereocenters. The quantitative estimate of drug-likeness (QED) is 0.742. The van der Waals surface area contributed by atoms with Crippen LogP contribution in [0, 0.1) is 0 Å². The fourth-order valence-electron chi connectivity index (χ4n) is 1.13. The van der Waals surface area contributed by atoms with Crippen LogP contribution < -0.4 is 0 Å². The van der Waals surface area contributed by atoms with Crippen molar-refractivity contribution in [2.75, 3.05) is 0 Å². The summed E-state index contributed by atoms with van der Waals surface area (Å²) in [6.07, 6.45) is 1.35. The van der Waals surface area contributed by atoms with Crippen LogP contribution >= 0.6 is 0 Å². The molecule has 1 N–H and O–H groups in total. The van der Waals surface area contributed by atoms with Crippen molar-refractivity contribution in [2.24, 2.45) is 0 Å². The molecule has 0 aliphatic carbocycles. The fraction of sp³-hybridized carbons (Fsp3) is 0.125. The molecule has 0 aliphatic rings. The van der Waals surface area contributed by atoms with Gasteiger partial charge in [-0.2, -0.15) is 0 Å². The van der Waals surface area contributed by atoms with Crippen LogP contribution in [0.2, 0.25) is 0 Å². The molecular weight excluding hydrogens is 190 g/mol. The minimum atomic E-state index is -1.81. The molecule has 1 heterocycles. The molecule has 0 bridgehead atoms. The minimum absolute atomic E-state index is 0.122. The second-order valence-electron chi connectivity index (χ2n) is 2.62. The van der Waals surface area contributed by atoms with Gasteiger partial charge >= 0.3 is 0 Å². The molecule has 1 unspecified atom stereocenters. The van der Waals surface area contributed by atoms with Crippen molar-refractivity contribution in [3.05, 3.63) is 30.2 Å². The summed E-state index contributed by atoms with van der Waals surface area (Å²) in [5.41, 5.74) is 2.17. The van der Waals surface area contributed by atoms with Gasteiger partial charge in [-0.3, -0.25) is 0 Å². The van der Waals surface area contributed by atoms with Gasteiger partial charge in [0.1, 0.15) is 5.52 Å². The highest BCUT2D eigenvalue weighted by Crippen LogP contribution is 2.14. The average Bonchev–Trinajstić information content (AvgIpc) is 2.49. The van der Waals surface area contributed by atoms with Crippen molar-refractivity contribution in [2.45, 2.75) is 5.75 Å². The van der Waals surface area contributed by atoms with Gasteiger partial charge in [0.15, 0.2) is 23.1 Å².